The van der Waals surface area contributed by atoms with E-state index in [0.717, 1.165) is 25.9 Å². The van der Waals surface area contributed by atoms with Crippen LogP contribution in [0.15, 0.2) is 57.8 Å². The summed E-state index contributed by atoms with van der Waals surface area (Å²) in [5.41, 5.74) is 1.30. The first-order valence-corrected chi connectivity index (χ1v) is 15.4. The third-order valence-electron chi connectivity index (χ3n) is 6.67. The number of rotatable bonds is 12. The molecule has 3 aromatic rings. The maximum Gasteiger partial charge on any atom is 0.490 e. The highest BCUT2D eigenvalue weighted by Crippen LogP contribution is 2.33. The molecule has 4 rings (SSSR count). The third kappa shape index (κ3) is 10.8. The van der Waals surface area contributed by atoms with Crippen molar-refractivity contribution in [3.63, 3.8) is 0 Å². The molecule has 0 unspecified atom stereocenters. The quantitative estimate of drug-likeness (QED) is 0.136. The molecule has 1 saturated heterocycles. The zero-order valence-electron chi connectivity index (χ0n) is 25.1. The molecule has 1 fully saturated rings. The van der Waals surface area contributed by atoms with Gasteiger partial charge in [-0.15, -0.1) is 11.8 Å². The number of ether oxygens (including phenoxy) is 2. The van der Waals surface area contributed by atoms with E-state index in [0.29, 0.717) is 40.6 Å². The van der Waals surface area contributed by atoms with Crippen LogP contribution in [0.5, 0.6) is 5.75 Å². The number of furan rings is 1. The smallest absolute Gasteiger partial charge is 0.486 e. The van der Waals surface area contributed by atoms with Crippen molar-refractivity contribution >= 4 is 29.6 Å². The van der Waals surface area contributed by atoms with Gasteiger partial charge in [0.2, 0.25) is 0 Å². The number of thioether (sulfide) groups is 1. The molecule has 1 amide bonds. The number of aliphatic carboxylic acids is 1. The predicted octanol–water partition coefficient (Wildman–Crippen LogP) is 6.26. The summed E-state index contributed by atoms with van der Waals surface area (Å²) in [6, 6.07) is 12.4. The summed E-state index contributed by atoms with van der Waals surface area (Å²) in [6.45, 7) is 3.55. The lowest BCUT2D eigenvalue weighted by Gasteiger charge is -2.23. The molecule has 1 aliphatic heterocycles. The van der Waals surface area contributed by atoms with E-state index >= 15 is 0 Å². The first-order chi connectivity index (χ1) is 21.8. The molecule has 1 aliphatic rings. The molecule has 1 aromatic heterocycles. The largest absolute Gasteiger partial charge is 0.490 e. The van der Waals surface area contributed by atoms with Gasteiger partial charge in [-0.05, 0) is 86.6 Å². The minimum atomic E-state index is -4.85. The van der Waals surface area contributed by atoms with Gasteiger partial charge < -0.3 is 28.8 Å². The van der Waals surface area contributed by atoms with Crippen molar-refractivity contribution in [2.24, 2.45) is 0 Å². The molecular weight excluding hydrogens is 639 g/mol. The monoisotopic (exact) mass is 672 g/mol. The molecule has 250 valence electrons. The van der Waals surface area contributed by atoms with Gasteiger partial charge in [-0.25, -0.2) is 13.6 Å². The Bertz CT molecular complexity index is 1470. The zero-order chi connectivity index (χ0) is 33.9. The van der Waals surface area contributed by atoms with Crippen LogP contribution in [0, 0.1) is 11.6 Å². The first-order valence-electron chi connectivity index (χ1n) is 14.1. The summed E-state index contributed by atoms with van der Waals surface area (Å²) >= 11 is 1.33. The van der Waals surface area contributed by atoms with E-state index in [1.54, 1.807) is 36.6 Å². The van der Waals surface area contributed by atoms with Gasteiger partial charge >= 0.3 is 18.1 Å². The number of carbonyl (C=O) groups is 3. The standard InChI is InChI=1S/C27H28F2N2O5S.C4H5F3O2/c1-37-25-15-23(29)22(28)14-21(25)18-4-6-19(7-5-18)35-17-20-8-9-24(36-20)27(34)31(16-26(32)33)13-12-30-10-2-3-11-30;1-2-9-3(8)4(5,6)7/h4-9,14-15H,2-3,10-13,16-17H2,1H3,(H,32,33);2H2,1H3. The summed E-state index contributed by atoms with van der Waals surface area (Å²) in [7, 11) is 0. The molecular formula is C31H33F5N2O7S. The number of carbonyl (C=O) groups excluding carboxylic acids is 2. The molecule has 1 N–H and O–H groups in total. The Labute approximate surface area is 266 Å². The van der Waals surface area contributed by atoms with Crippen LogP contribution in [0.1, 0.15) is 36.1 Å². The van der Waals surface area contributed by atoms with Gasteiger partial charge in [0.15, 0.2) is 17.4 Å². The van der Waals surface area contributed by atoms with Crippen molar-refractivity contribution in [2.75, 3.05) is 45.6 Å². The number of nitrogens with zero attached hydrogens (tertiary/aromatic N) is 2. The molecule has 46 heavy (non-hydrogen) atoms. The SMILES string of the molecule is CCOC(=O)C(F)(F)F.CSc1cc(F)c(F)cc1-c1ccc(OCc2ccc(C(=O)N(CCN3CCCC3)CC(=O)O)o2)cc1. The number of amides is 1. The summed E-state index contributed by atoms with van der Waals surface area (Å²) < 4.78 is 75.9. The Kier molecular flexibility index (Phi) is 13.4. The van der Waals surface area contributed by atoms with Crippen molar-refractivity contribution in [2.45, 2.75) is 37.4 Å². The van der Waals surface area contributed by atoms with Gasteiger partial charge in [0.05, 0.1) is 6.61 Å². The van der Waals surface area contributed by atoms with Crippen LogP contribution in [0.3, 0.4) is 0 Å². The number of benzene rings is 2. The lowest BCUT2D eigenvalue weighted by Crippen LogP contribution is -2.40. The van der Waals surface area contributed by atoms with Crippen LogP contribution < -0.4 is 4.74 Å². The van der Waals surface area contributed by atoms with Crippen molar-refractivity contribution in [3.05, 3.63) is 71.7 Å². The second-order valence-electron chi connectivity index (χ2n) is 9.93. The molecule has 2 heterocycles. The zero-order valence-corrected chi connectivity index (χ0v) is 25.9. The van der Waals surface area contributed by atoms with E-state index in [9.17, 15) is 41.4 Å². The second kappa shape index (κ2) is 17.0. The Balaban J connectivity index is 0.000000559. The average molecular weight is 673 g/mol. The van der Waals surface area contributed by atoms with Crippen molar-refractivity contribution in [1.82, 2.24) is 9.80 Å². The van der Waals surface area contributed by atoms with Crippen molar-refractivity contribution in [3.8, 4) is 16.9 Å². The third-order valence-corrected chi connectivity index (χ3v) is 7.44. The van der Waals surface area contributed by atoms with Gasteiger partial charge in [0, 0.05) is 18.0 Å². The molecule has 0 aliphatic carbocycles. The van der Waals surface area contributed by atoms with Gasteiger partial charge in [0.25, 0.3) is 5.91 Å². The molecule has 0 atom stereocenters. The molecule has 0 bridgehead atoms. The van der Waals surface area contributed by atoms with E-state index in [4.69, 9.17) is 9.15 Å². The van der Waals surface area contributed by atoms with E-state index in [2.05, 4.69) is 9.64 Å². The maximum absolute atomic E-state index is 13.8. The van der Waals surface area contributed by atoms with Crippen molar-refractivity contribution < 1.29 is 55.3 Å². The fraction of sp³-hybridized carbons (Fsp3) is 0.387. The number of alkyl halides is 3. The van der Waals surface area contributed by atoms with Crippen LogP contribution in [-0.2, 0) is 20.9 Å². The molecule has 0 radical (unpaired) electrons. The summed E-state index contributed by atoms with van der Waals surface area (Å²) in [4.78, 5) is 38.0. The first kappa shape index (κ1) is 36.4. The number of likely N-dealkylation sites (tertiary alicyclic amines) is 1. The number of carboxylic acids is 1. The van der Waals surface area contributed by atoms with Gasteiger partial charge in [0.1, 0.15) is 24.7 Å². The molecule has 15 heteroatoms. The number of hydrogen-bond donors (Lipinski definition) is 1. The minimum absolute atomic E-state index is 0.0551. The van der Waals surface area contributed by atoms with Crippen molar-refractivity contribution in [1.29, 1.82) is 0 Å². The Hall–Kier alpha value is -4.11. The highest BCUT2D eigenvalue weighted by molar-refractivity contribution is 7.98. The molecule has 0 saturated carbocycles. The maximum atomic E-state index is 13.8. The predicted molar refractivity (Wildman–Crippen MR) is 159 cm³/mol. The minimum Gasteiger partial charge on any atom is -0.486 e. The van der Waals surface area contributed by atoms with Gasteiger partial charge in [-0.3, -0.25) is 9.59 Å². The fourth-order valence-electron chi connectivity index (χ4n) is 4.43. The normalized spacial score (nSPS) is 13.1. The summed E-state index contributed by atoms with van der Waals surface area (Å²) in [5, 5.41) is 9.24. The molecule has 2 aromatic carbocycles. The highest BCUT2D eigenvalue weighted by atomic mass is 32.2. The highest BCUT2D eigenvalue weighted by Gasteiger charge is 2.40. The van der Waals surface area contributed by atoms with Crippen LogP contribution in [0.4, 0.5) is 22.0 Å². The van der Waals surface area contributed by atoms with E-state index in [1.165, 1.54) is 41.8 Å². The number of esters is 1. The van der Waals surface area contributed by atoms with Crippen LogP contribution in [-0.4, -0.2) is 84.5 Å². The van der Waals surface area contributed by atoms with E-state index in [-0.39, 0.29) is 19.0 Å². The van der Waals surface area contributed by atoms with E-state index in [1.807, 2.05) is 0 Å². The van der Waals surface area contributed by atoms with Gasteiger partial charge in [-0.1, -0.05) is 12.1 Å². The summed E-state index contributed by atoms with van der Waals surface area (Å²) in [5.74, 6) is -4.50. The van der Waals surface area contributed by atoms with Crippen LogP contribution in [0.25, 0.3) is 11.1 Å². The lowest BCUT2D eigenvalue weighted by atomic mass is 10.1. The Morgan fingerprint density at radius 2 is 1.67 bits per heavy atom. The van der Waals surface area contributed by atoms with Crippen LogP contribution >= 0.6 is 11.8 Å². The van der Waals surface area contributed by atoms with Gasteiger partial charge in [-0.2, -0.15) is 13.2 Å². The topological polar surface area (TPSA) is 110 Å². The number of hydrogen-bond acceptors (Lipinski definition) is 8. The summed E-state index contributed by atoms with van der Waals surface area (Å²) in [6.07, 6.45) is -0.831. The second-order valence-corrected chi connectivity index (χ2v) is 10.8. The van der Waals surface area contributed by atoms with Crippen LogP contribution in [0.2, 0.25) is 0 Å². The Morgan fingerprint density at radius 3 is 2.24 bits per heavy atom. The Morgan fingerprint density at radius 1 is 1.02 bits per heavy atom. The van der Waals surface area contributed by atoms with E-state index < -0.39 is 42.2 Å². The molecule has 0 spiro atoms. The fourth-order valence-corrected chi connectivity index (χ4v) is 5.05. The molecule has 9 nitrogen and oxygen atoms in total. The lowest BCUT2D eigenvalue weighted by molar-refractivity contribution is -0.199. The average Bonchev–Trinajstić information content (AvgIpc) is 3.72. The number of carboxylic acid groups (broad SMARTS) is 1. The number of halogens is 5.